The lowest BCUT2D eigenvalue weighted by molar-refractivity contribution is 0.0487. The van der Waals surface area contributed by atoms with Gasteiger partial charge in [0.05, 0.1) is 6.10 Å². The van der Waals surface area contributed by atoms with E-state index in [4.69, 9.17) is 0 Å². The summed E-state index contributed by atoms with van der Waals surface area (Å²) in [5, 5.41) is 10.2. The van der Waals surface area contributed by atoms with E-state index in [0.29, 0.717) is 12.0 Å². The molecule has 0 heterocycles. The minimum atomic E-state index is -0.171. The van der Waals surface area contributed by atoms with Crippen molar-refractivity contribution in [2.24, 2.45) is 5.92 Å². The smallest absolute Gasteiger partial charge is 0.0586 e. The van der Waals surface area contributed by atoms with E-state index in [1.54, 1.807) is 0 Å². The molecule has 0 aromatic heterocycles. The molecule has 2 heteroatoms. The SMILES string of the molecule is CN(C)C(Cc1ccccc1)C1[CH]CCCC1O. The Morgan fingerprint density at radius 3 is 2.61 bits per heavy atom. The molecule has 1 aromatic rings. The van der Waals surface area contributed by atoms with Crippen molar-refractivity contribution in [1.29, 1.82) is 0 Å². The van der Waals surface area contributed by atoms with Crippen LogP contribution in [0.2, 0.25) is 0 Å². The van der Waals surface area contributed by atoms with Gasteiger partial charge in [-0.05, 0) is 45.3 Å². The van der Waals surface area contributed by atoms with Gasteiger partial charge in [0, 0.05) is 12.0 Å². The van der Waals surface area contributed by atoms with Crippen molar-refractivity contribution in [2.45, 2.75) is 37.8 Å². The third-order valence-corrected chi connectivity index (χ3v) is 3.98. The summed E-state index contributed by atoms with van der Waals surface area (Å²) in [5.41, 5.74) is 1.35. The van der Waals surface area contributed by atoms with Crippen LogP contribution in [-0.2, 0) is 6.42 Å². The van der Waals surface area contributed by atoms with Gasteiger partial charge in [0.25, 0.3) is 0 Å². The van der Waals surface area contributed by atoms with Gasteiger partial charge in [-0.1, -0.05) is 36.8 Å². The van der Waals surface area contributed by atoms with E-state index in [2.05, 4.69) is 55.7 Å². The first-order valence-electron chi connectivity index (χ1n) is 6.90. The van der Waals surface area contributed by atoms with Gasteiger partial charge in [-0.3, -0.25) is 0 Å². The lowest BCUT2D eigenvalue weighted by Gasteiger charge is -2.38. The van der Waals surface area contributed by atoms with Gasteiger partial charge in [-0.25, -0.2) is 0 Å². The van der Waals surface area contributed by atoms with Gasteiger partial charge < -0.3 is 10.0 Å². The fraction of sp³-hybridized carbons (Fsp3) is 0.562. The van der Waals surface area contributed by atoms with Gasteiger partial charge in [-0.2, -0.15) is 0 Å². The summed E-state index contributed by atoms with van der Waals surface area (Å²) in [6.45, 7) is 0. The third-order valence-electron chi connectivity index (χ3n) is 3.98. The van der Waals surface area contributed by atoms with E-state index < -0.39 is 0 Å². The lowest BCUT2D eigenvalue weighted by Crippen LogP contribution is -2.44. The number of nitrogens with zero attached hydrogens (tertiary/aromatic N) is 1. The summed E-state index contributed by atoms with van der Waals surface area (Å²) in [7, 11) is 4.23. The van der Waals surface area contributed by atoms with E-state index in [0.717, 1.165) is 25.7 Å². The second kappa shape index (κ2) is 6.35. The number of rotatable bonds is 4. The molecule has 0 bridgehead atoms. The number of likely N-dealkylation sites (N-methyl/N-ethyl adjacent to an activating group) is 1. The highest BCUT2D eigenvalue weighted by Gasteiger charge is 2.31. The van der Waals surface area contributed by atoms with Gasteiger partial charge >= 0.3 is 0 Å². The zero-order chi connectivity index (χ0) is 13.0. The maximum atomic E-state index is 10.2. The summed E-state index contributed by atoms with van der Waals surface area (Å²) in [6.07, 6.45) is 6.37. The van der Waals surface area contributed by atoms with Crippen molar-refractivity contribution in [2.75, 3.05) is 14.1 Å². The molecule has 1 aliphatic rings. The summed E-state index contributed by atoms with van der Waals surface area (Å²) in [5.74, 6) is 0.300. The van der Waals surface area contributed by atoms with Crippen LogP contribution < -0.4 is 0 Å². The molecule has 0 amide bonds. The van der Waals surface area contributed by atoms with Crippen molar-refractivity contribution >= 4 is 0 Å². The Hall–Kier alpha value is -0.860. The first kappa shape index (κ1) is 13.6. The minimum absolute atomic E-state index is 0.171. The number of hydrogen-bond donors (Lipinski definition) is 1. The number of aliphatic hydroxyl groups is 1. The molecule has 1 radical (unpaired) electrons. The minimum Gasteiger partial charge on any atom is -0.393 e. The van der Waals surface area contributed by atoms with Gasteiger partial charge in [0.2, 0.25) is 0 Å². The maximum Gasteiger partial charge on any atom is 0.0586 e. The molecule has 1 aliphatic carbocycles. The van der Waals surface area contributed by atoms with E-state index in [1.807, 2.05) is 0 Å². The summed E-state index contributed by atoms with van der Waals surface area (Å²) < 4.78 is 0. The predicted molar refractivity (Wildman–Crippen MR) is 75.3 cm³/mol. The summed E-state index contributed by atoms with van der Waals surface area (Å²) in [4.78, 5) is 2.25. The normalized spacial score (nSPS) is 26.2. The molecule has 1 N–H and O–H groups in total. The second-order valence-corrected chi connectivity index (χ2v) is 5.53. The fourth-order valence-corrected chi connectivity index (χ4v) is 2.92. The predicted octanol–water partition coefficient (Wildman–Crippen LogP) is 2.52. The Labute approximate surface area is 111 Å². The molecule has 1 fully saturated rings. The highest BCUT2D eigenvalue weighted by molar-refractivity contribution is 5.17. The van der Waals surface area contributed by atoms with Crippen molar-refractivity contribution in [3.8, 4) is 0 Å². The third kappa shape index (κ3) is 3.33. The van der Waals surface area contributed by atoms with Crippen molar-refractivity contribution < 1.29 is 5.11 Å². The van der Waals surface area contributed by atoms with Crippen LogP contribution >= 0.6 is 0 Å². The van der Waals surface area contributed by atoms with Gasteiger partial charge in [0.15, 0.2) is 0 Å². The molecule has 1 saturated carbocycles. The molecule has 0 saturated heterocycles. The molecule has 1 aromatic carbocycles. The molecule has 18 heavy (non-hydrogen) atoms. The molecule has 3 unspecified atom stereocenters. The largest absolute Gasteiger partial charge is 0.393 e. The number of hydrogen-bond acceptors (Lipinski definition) is 2. The Morgan fingerprint density at radius 1 is 1.28 bits per heavy atom. The zero-order valence-corrected chi connectivity index (χ0v) is 11.4. The van der Waals surface area contributed by atoms with Crippen molar-refractivity contribution in [3.05, 3.63) is 42.3 Å². The number of aliphatic hydroxyl groups excluding tert-OH is 1. The van der Waals surface area contributed by atoms with Gasteiger partial charge in [0.1, 0.15) is 0 Å². The lowest BCUT2D eigenvalue weighted by atomic mass is 9.79. The van der Waals surface area contributed by atoms with Crippen LogP contribution in [0.1, 0.15) is 24.8 Å². The topological polar surface area (TPSA) is 23.5 Å². The van der Waals surface area contributed by atoms with Crippen LogP contribution in [0.4, 0.5) is 0 Å². The van der Waals surface area contributed by atoms with Crippen LogP contribution in [0.15, 0.2) is 30.3 Å². The average molecular weight is 246 g/mol. The van der Waals surface area contributed by atoms with Crippen LogP contribution in [0.3, 0.4) is 0 Å². The van der Waals surface area contributed by atoms with Crippen LogP contribution in [0.5, 0.6) is 0 Å². The van der Waals surface area contributed by atoms with E-state index in [1.165, 1.54) is 5.56 Å². The van der Waals surface area contributed by atoms with E-state index >= 15 is 0 Å². The van der Waals surface area contributed by atoms with Crippen molar-refractivity contribution in [1.82, 2.24) is 4.90 Å². The van der Waals surface area contributed by atoms with E-state index in [-0.39, 0.29) is 6.10 Å². The first-order chi connectivity index (χ1) is 8.68. The molecule has 3 atom stereocenters. The molecule has 0 aliphatic heterocycles. The first-order valence-corrected chi connectivity index (χ1v) is 6.90. The summed E-state index contributed by atoms with van der Waals surface area (Å²) in [6, 6.07) is 11.0. The zero-order valence-electron chi connectivity index (χ0n) is 11.4. The van der Waals surface area contributed by atoms with Crippen LogP contribution in [0.25, 0.3) is 0 Å². The molecule has 99 valence electrons. The second-order valence-electron chi connectivity index (χ2n) is 5.53. The quantitative estimate of drug-likeness (QED) is 0.882. The molecule has 2 nitrogen and oxygen atoms in total. The Kier molecular flexibility index (Phi) is 4.79. The van der Waals surface area contributed by atoms with Crippen molar-refractivity contribution in [3.63, 3.8) is 0 Å². The highest BCUT2D eigenvalue weighted by Crippen LogP contribution is 2.29. The summed E-state index contributed by atoms with van der Waals surface area (Å²) >= 11 is 0. The fourth-order valence-electron chi connectivity index (χ4n) is 2.92. The van der Waals surface area contributed by atoms with E-state index in [9.17, 15) is 5.11 Å². The monoisotopic (exact) mass is 246 g/mol. The van der Waals surface area contributed by atoms with Gasteiger partial charge in [-0.15, -0.1) is 0 Å². The number of benzene rings is 1. The Bertz CT molecular complexity index is 349. The molecule has 0 spiro atoms. The maximum absolute atomic E-state index is 10.2. The molecular formula is C16H24NO. The Balaban J connectivity index is 2.08. The highest BCUT2D eigenvalue weighted by atomic mass is 16.3. The standard InChI is InChI=1S/C16H24NO/c1-17(2)15(12-13-8-4-3-5-9-13)14-10-6-7-11-16(14)18/h3-5,8-10,14-16,18H,6-7,11-12H2,1-2H3. The molecule has 2 rings (SSSR count). The Morgan fingerprint density at radius 2 is 2.00 bits per heavy atom. The average Bonchev–Trinajstić information content (AvgIpc) is 2.38. The molecular weight excluding hydrogens is 222 g/mol. The van der Waals surface area contributed by atoms with Crippen LogP contribution in [0, 0.1) is 12.3 Å². The van der Waals surface area contributed by atoms with Crippen LogP contribution in [-0.4, -0.2) is 36.2 Å².